The Morgan fingerprint density at radius 2 is 2.05 bits per heavy atom. The highest BCUT2D eigenvalue weighted by molar-refractivity contribution is 5.93. The van der Waals surface area contributed by atoms with E-state index in [-0.39, 0.29) is 24.9 Å². The molecule has 0 unspecified atom stereocenters. The first kappa shape index (κ1) is 16.5. The van der Waals surface area contributed by atoms with Gasteiger partial charge in [-0.15, -0.1) is 0 Å². The minimum absolute atomic E-state index is 0.00942. The van der Waals surface area contributed by atoms with Crippen LogP contribution in [0.15, 0.2) is 10.5 Å². The summed E-state index contributed by atoms with van der Waals surface area (Å²) in [6.07, 6.45) is 2.11. The van der Waals surface area contributed by atoms with Gasteiger partial charge in [-0.3, -0.25) is 9.59 Å². The van der Waals surface area contributed by atoms with Crippen molar-refractivity contribution in [2.75, 3.05) is 19.8 Å². The number of nitrogens with zero attached hydrogens (tertiary/aromatic N) is 1. The van der Waals surface area contributed by atoms with Crippen LogP contribution in [0.5, 0.6) is 0 Å². The van der Waals surface area contributed by atoms with E-state index in [4.69, 9.17) is 14.3 Å². The molecule has 1 aliphatic heterocycles. The Kier molecular flexibility index (Phi) is 5.60. The first-order valence-electron chi connectivity index (χ1n) is 7.72. The Hall–Kier alpha value is -1.82. The average molecular weight is 309 g/mol. The number of aliphatic carboxylic acids is 1. The molecule has 1 aromatic rings. The Morgan fingerprint density at radius 1 is 1.36 bits per heavy atom. The van der Waals surface area contributed by atoms with E-state index in [1.807, 2.05) is 19.9 Å². The third-order valence-electron chi connectivity index (χ3n) is 3.97. The van der Waals surface area contributed by atoms with Crippen LogP contribution >= 0.6 is 0 Å². The van der Waals surface area contributed by atoms with Crippen molar-refractivity contribution in [1.82, 2.24) is 4.90 Å². The fourth-order valence-electron chi connectivity index (χ4n) is 2.73. The Labute approximate surface area is 130 Å². The van der Waals surface area contributed by atoms with Gasteiger partial charge in [-0.2, -0.15) is 0 Å². The molecule has 1 fully saturated rings. The summed E-state index contributed by atoms with van der Waals surface area (Å²) < 4.78 is 11.0. The summed E-state index contributed by atoms with van der Waals surface area (Å²) in [7, 11) is 0. The molecule has 0 aromatic carbocycles. The van der Waals surface area contributed by atoms with Crippen molar-refractivity contribution in [3.63, 3.8) is 0 Å². The van der Waals surface area contributed by atoms with Crippen LogP contribution in [0.3, 0.4) is 0 Å². The zero-order chi connectivity index (χ0) is 16.1. The van der Waals surface area contributed by atoms with E-state index in [1.54, 1.807) is 4.90 Å². The molecule has 1 amide bonds. The molecular weight excluding hydrogens is 286 g/mol. The minimum atomic E-state index is -0.907. The lowest BCUT2D eigenvalue weighted by molar-refractivity contribution is -0.137. The summed E-state index contributed by atoms with van der Waals surface area (Å²) >= 11 is 0. The molecule has 6 nitrogen and oxygen atoms in total. The molecule has 6 heteroatoms. The third kappa shape index (κ3) is 3.88. The molecule has 0 spiro atoms. The molecule has 1 aliphatic rings. The van der Waals surface area contributed by atoms with Gasteiger partial charge in [0.05, 0.1) is 6.42 Å². The van der Waals surface area contributed by atoms with Crippen LogP contribution in [0, 0.1) is 6.92 Å². The predicted molar refractivity (Wildman–Crippen MR) is 80.0 cm³/mol. The number of hydrogen-bond donors (Lipinski definition) is 1. The molecule has 2 rings (SSSR count). The predicted octanol–water partition coefficient (Wildman–Crippen LogP) is 2.25. The molecule has 1 aromatic heterocycles. The molecule has 122 valence electrons. The fourth-order valence-corrected chi connectivity index (χ4v) is 2.73. The number of carbonyl (C=O) groups excluding carboxylic acids is 1. The van der Waals surface area contributed by atoms with Gasteiger partial charge in [0.15, 0.2) is 5.76 Å². The van der Waals surface area contributed by atoms with Crippen LogP contribution in [0.1, 0.15) is 48.1 Å². The first-order chi connectivity index (χ1) is 10.5. The molecule has 1 N–H and O–H groups in total. The molecule has 0 atom stereocenters. The molecule has 0 radical (unpaired) electrons. The van der Waals surface area contributed by atoms with Crippen LogP contribution in [-0.2, 0) is 16.0 Å². The second-order valence-electron chi connectivity index (χ2n) is 5.56. The van der Waals surface area contributed by atoms with Crippen molar-refractivity contribution in [1.29, 1.82) is 0 Å². The van der Waals surface area contributed by atoms with Gasteiger partial charge >= 0.3 is 5.97 Å². The lowest BCUT2D eigenvalue weighted by atomic mass is 10.1. The number of hydrogen-bond acceptors (Lipinski definition) is 4. The quantitative estimate of drug-likeness (QED) is 0.871. The second-order valence-corrected chi connectivity index (χ2v) is 5.56. The monoisotopic (exact) mass is 309 g/mol. The van der Waals surface area contributed by atoms with Gasteiger partial charge in [0.25, 0.3) is 5.91 Å². The molecule has 1 saturated heterocycles. The van der Waals surface area contributed by atoms with Gasteiger partial charge in [0.2, 0.25) is 0 Å². The van der Waals surface area contributed by atoms with Crippen molar-refractivity contribution < 1.29 is 23.8 Å². The van der Waals surface area contributed by atoms with Crippen molar-refractivity contribution >= 4 is 11.9 Å². The molecule has 2 heterocycles. The topological polar surface area (TPSA) is 80.0 Å². The lowest BCUT2D eigenvalue weighted by Gasteiger charge is -2.33. The lowest BCUT2D eigenvalue weighted by Crippen LogP contribution is -2.44. The fraction of sp³-hybridized carbons (Fsp3) is 0.625. The van der Waals surface area contributed by atoms with Crippen molar-refractivity contribution in [2.24, 2.45) is 0 Å². The maximum absolute atomic E-state index is 12.8. The molecule has 0 aliphatic carbocycles. The summed E-state index contributed by atoms with van der Waals surface area (Å²) in [5, 5.41) is 8.92. The van der Waals surface area contributed by atoms with E-state index in [1.165, 1.54) is 0 Å². The third-order valence-corrected chi connectivity index (χ3v) is 3.97. The van der Waals surface area contributed by atoms with Crippen LogP contribution in [0.25, 0.3) is 0 Å². The number of carboxylic acid groups (broad SMARTS) is 1. The summed E-state index contributed by atoms with van der Waals surface area (Å²) in [5.41, 5.74) is 0.800. The molecule has 22 heavy (non-hydrogen) atoms. The Bertz CT molecular complexity index is 531. The number of ether oxygens (including phenoxy) is 1. The summed E-state index contributed by atoms with van der Waals surface area (Å²) in [6, 6.07) is 1.88. The number of furan rings is 1. The van der Waals surface area contributed by atoms with Crippen molar-refractivity contribution in [3.05, 3.63) is 23.2 Å². The van der Waals surface area contributed by atoms with Crippen LogP contribution in [-0.4, -0.2) is 47.7 Å². The average Bonchev–Trinajstić information content (AvgIpc) is 2.89. The summed E-state index contributed by atoms with van der Waals surface area (Å²) in [6.45, 7) is 5.20. The van der Waals surface area contributed by atoms with Crippen LogP contribution in [0.2, 0.25) is 0 Å². The van der Waals surface area contributed by atoms with Gasteiger partial charge in [-0.05, 0) is 25.8 Å². The zero-order valence-electron chi connectivity index (χ0n) is 13.1. The van der Waals surface area contributed by atoms with E-state index < -0.39 is 5.97 Å². The van der Waals surface area contributed by atoms with Gasteiger partial charge in [0.1, 0.15) is 5.76 Å². The largest absolute Gasteiger partial charge is 0.481 e. The zero-order valence-corrected chi connectivity index (χ0v) is 13.1. The van der Waals surface area contributed by atoms with Crippen LogP contribution in [0.4, 0.5) is 0 Å². The number of aryl methyl sites for hydroxylation is 2. The molecule has 0 bridgehead atoms. The number of amides is 1. The second kappa shape index (κ2) is 7.45. The van der Waals surface area contributed by atoms with E-state index in [9.17, 15) is 9.59 Å². The maximum Gasteiger partial charge on any atom is 0.305 e. The van der Waals surface area contributed by atoms with E-state index in [0.29, 0.717) is 19.0 Å². The summed E-state index contributed by atoms with van der Waals surface area (Å²) in [5.74, 6) is -0.0274. The highest BCUT2D eigenvalue weighted by Gasteiger charge is 2.29. The number of carboxylic acids is 1. The van der Waals surface area contributed by atoms with E-state index in [2.05, 4.69) is 0 Å². The van der Waals surface area contributed by atoms with Gasteiger partial charge in [-0.25, -0.2) is 0 Å². The highest BCUT2D eigenvalue weighted by Crippen LogP contribution is 2.22. The van der Waals surface area contributed by atoms with Crippen LogP contribution < -0.4 is 0 Å². The first-order valence-corrected chi connectivity index (χ1v) is 7.72. The SMILES string of the molecule is CCc1cc(C)c(C(=O)N(CCC(=O)O)C2CCOCC2)o1. The Balaban J connectivity index is 2.19. The van der Waals surface area contributed by atoms with Gasteiger partial charge in [0, 0.05) is 37.8 Å². The normalized spacial score (nSPS) is 15.7. The van der Waals surface area contributed by atoms with E-state index in [0.717, 1.165) is 30.6 Å². The van der Waals surface area contributed by atoms with E-state index >= 15 is 0 Å². The van der Waals surface area contributed by atoms with Gasteiger partial charge < -0.3 is 19.2 Å². The molecule has 0 saturated carbocycles. The molecular formula is C16H23NO5. The van der Waals surface area contributed by atoms with Crippen molar-refractivity contribution in [2.45, 2.75) is 45.6 Å². The number of carbonyl (C=O) groups is 2. The Morgan fingerprint density at radius 3 is 2.59 bits per heavy atom. The summed E-state index contributed by atoms with van der Waals surface area (Å²) in [4.78, 5) is 25.3. The number of rotatable bonds is 6. The smallest absolute Gasteiger partial charge is 0.305 e. The standard InChI is InChI=1S/C16H23NO5/c1-3-13-10-11(2)15(22-13)16(20)17(7-4-14(18)19)12-5-8-21-9-6-12/h10,12H,3-9H2,1-2H3,(H,18,19). The highest BCUT2D eigenvalue weighted by atomic mass is 16.5. The maximum atomic E-state index is 12.8. The minimum Gasteiger partial charge on any atom is -0.481 e. The van der Waals surface area contributed by atoms with Gasteiger partial charge in [-0.1, -0.05) is 6.92 Å². The van der Waals surface area contributed by atoms with Crippen molar-refractivity contribution in [3.8, 4) is 0 Å².